The molecule has 0 spiro atoms. The maximum absolute atomic E-state index is 12.1. The number of aromatic nitrogens is 1. The van der Waals surface area contributed by atoms with Crippen molar-refractivity contribution in [3.8, 4) is 0 Å². The van der Waals surface area contributed by atoms with Gasteiger partial charge in [-0.1, -0.05) is 11.3 Å². The van der Waals surface area contributed by atoms with Gasteiger partial charge in [0.15, 0.2) is 5.13 Å². The van der Waals surface area contributed by atoms with Gasteiger partial charge in [0.2, 0.25) is 0 Å². The Kier molecular flexibility index (Phi) is 4.07. The van der Waals surface area contributed by atoms with Gasteiger partial charge in [-0.05, 0) is 38.8 Å². The molecule has 4 N–H and O–H groups in total. The summed E-state index contributed by atoms with van der Waals surface area (Å²) in [7, 11) is 0. The third kappa shape index (κ3) is 3.40. The number of nitrogen functional groups attached to an aromatic ring is 1. The van der Waals surface area contributed by atoms with Crippen LogP contribution in [0.1, 0.15) is 35.4 Å². The molecule has 2 heterocycles. The second kappa shape index (κ2) is 5.97. The van der Waals surface area contributed by atoms with Gasteiger partial charge < -0.3 is 21.3 Å². The van der Waals surface area contributed by atoms with Crippen molar-refractivity contribution < 1.29 is 4.79 Å². The molecule has 1 aliphatic heterocycles. The van der Waals surface area contributed by atoms with Gasteiger partial charge in [0.05, 0.1) is 0 Å². The van der Waals surface area contributed by atoms with Crippen LogP contribution < -0.4 is 16.4 Å². The fraction of sp³-hybridized carbons (Fsp3) is 0.692. The zero-order valence-electron chi connectivity index (χ0n) is 11.5. The fourth-order valence-electron chi connectivity index (χ4n) is 2.37. The summed E-state index contributed by atoms with van der Waals surface area (Å²) in [5.41, 5.74) is 5.82. The molecule has 0 radical (unpaired) electrons. The van der Waals surface area contributed by atoms with Gasteiger partial charge in [0.1, 0.15) is 10.7 Å². The quantitative estimate of drug-likeness (QED) is 0.732. The smallest absolute Gasteiger partial charge is 0.265 e. The summed E-state index contributed by atoms with van der Waals surface area (Å²) in [5, 5.41) is 6.96. The average molecular weight is 295 g/mol. The van der Waals surface area contributed by atoms with Crippen LogP contribution in [-0.4, -0.2) is 48.0 Å². The van der Waals surface area contributed by atoms with Gasteiger partial charge in [-0.3, -0.25) is 4.79 Å². The molecule has 1 amide bonds. The first-order valence-corrected chi connectivity index (χ1v) is 8.07. The number of carbonyl (C=O) groups excluding carboxylic acids is 1. The van der Waals surface area contributed by atoms with E-state index in [1.165, 1.54) is 37.0 Å². The monoisotopic (exact) mass is 295 g/mol. The van der Waals surface area contributed by atoms with E-state index in [2.05, 4.69) is 20.5 Å². The van der Waals surface area contributed by atoms with Crippen LogP contribution in [0.5, 0.6) is 0 Å². The lowest BCUT2D eigenvalue weighted by Gasteiger charge is -2.14. The van der Waals surface area contributed by atoms with Crippen molar-refractivity contribution in [2.75, 3.05) is 37.2 Å². The number of rotatable bonds is 6. The number of nitrogens with one attached hydrogen (secondary N) is 2. The maximum Gasteiger partial charge on any atom is 0.265 e. The summed E-state index contributed by atoms with van der Waals surface area (Å²) in [4.78, 5) is 19.2. The Morgan fingerprint density at radius 2 is 2.15 bits per heavy atom. The van der Waals surface area contributed by atoms with Gasteiger partial charge in [-0.25, -0.2) is 4.98 Å². The number of hydrogen-bond donors (Lipinski definition) is 3. The number of nitrogens with two attached hydrogens (primary N) is 1. The number of likely N-dealkylation sites (tertiary alicyclic amines) is 1. The van der Waals surface area contributed by atoms with Crippen molar-refractivity contribution in [3.05, 3.63) is 4.88 Å². The lowest BCUT2D eigenvalue weighted by atomic mass is 10.4. The highest BCUT2D eigenvalue weighted by atomic mass is 32.1. The highest BCUT2D eigenvalue weighted by Crippen LogP contribution is 2.30. The molecule has 2 fully saturated rings. The van der Waals surface area contributed by atoms with Crippen LogP contribution in [-0.2, 0) is 0 Å². The molecule has 1 aromatic heterocycles. The fourth-order valence-corrected chi connectivity index (χ4v) is 3.25. The van der Waals surface area contributed by atoms with Crippen LogP contribution in [0.2, 0.25) is 0 Å². The molecular weight excluding hydrogens is 274 g/mol. The zero-order valence-corrected chi connectivity index (χ0v) is 12.3. The van der Waals surface area contributed by atoms with Crippen LogP contribution in [0.3, 0.4) is 0 Å². The number of thiazole rings is 1. The largest absolute Gasteiger partial charge is 0.382 e. The first kappa shape index (κ1) is 13.6. The summed E-state index contributed by atoms with van der Waals surface area (Å²) in [5.74, 6) is 0.222. The molecule has 1 saturated carbocycles. The van der Waals surface area contributed by atoms with E-state index in [0.29, 0.717) is 23.3 Å². The first-order chi connectivity index (χ1) is 9.72. The lowest BCUT2D eigenvalue weighted by molar-refractivity contribution is 0.0954. The molecule has 20 heavy (non-hydrogen) atoms. The lowest BCUT2D eigenvalue weighted by Crippen LogP contribution is -2.33. The molecular formula is C13H21N5OS. The third-order valence-corrected chi connectivity index (χ3v) is 4.68. The summed E-state index contributed by atoms with van der Waals surface area (Å²) in [6.45, 7) is 3.88. The van der Waals surface area contributed by atoms with E-state index in [4.69, 9.17) is 5.73 Å². The van der Waals surface area contributed by atoms with Crippen LogP contribution in [0, 0.1) is 0 Å². The molecule has 1 aliphatic carbocycles. The minimum atomic E-state index is -0.108. The molecule has 3 rings (SSSR count). The van der Waals surface area contributed by atoms with Crippen LogP contribution in [0.15, 0.2) is 0 Å². The van der Waals surface area contributed by atoms with Crippen molar-refractivity contribution in [1.29, 1.82) is 0 Å². The molecule has 2 aliphatic rings. The Morgan fingerprint density at radius 3 is 2.85 bits per heavy atom. The number of anilines is 2. The standard InChI is InChI=1S/C13H21N5OS/c14-11-10(20-13(17-11)16-9-3-4-9)12(19)15-5-8-18-6-1-2-7-18/h9H,1-8,14H2,(H,15,19)(H,16,17). The number of carbonyl (C=O) groups is 1. The molecule has 7 heteroatoms. The van der Waals surface area contributed by atoms with Crippen LogP contribution in [0.4, 0.5) is 10.9 Å². The highest BCUT2D eigenvalue weighted by molar-refractivity contribution is 7.18. The minimum absolute atomic E-state index is 0.108. The minimum Gasteiger partial charge on any atom is -0.382 e. The van der Waals surface area contributed by atoms with Crippen LogP contribution >= 0.6 is 11.3 Å². The van der Waals surface area contributed by atoms with E-state index in [-0.39, 0.29) is 5.91 Å². The van der Waals surface area contributed by atoms with Gasteiger partial charge in [-0.15, -0.1) is 0 Å². The van der Waals surface area contributed by atoms with E-state index in [9.17, 15) is 4.79 Å². The van der Waals surface area contributed by atoms with E-state index >= 15 is 0 Å². The van der Waals surface area contributed by atoms with Crippen LogP contribution in [0.25, 0.3) is 0 Å². The summed E-state index contributed by atoms with van der Waals surface area (Å²) in [6.07, 6.45) is 4.89. The van der Waals surface area contributed by atoms with E-state index < -0.39 is 0 Å². The normalized spacial score (nSPS) is 19.2. The molecule has 110 valence electrons. The molecule has 6 nitrogen and oxygen atoms in total. The van der Waals surface area contributed by atoms with Gasteiger partial charge in [-0.2, -0.15) is 0 Å². The summed E-state index contributed by atoms with van der Waals surface area (Å²) in [6, 6.07) is 0.520. The Bertz CT molecular complexity index is 479. The Hall–Kier alpha value is -1.34. The van der Waals surface area contributed by atoms with E-state index in [0.717, 1.165) is 24.8 Å². The topological polar surface area (TPSA) is 83.3 Å². The maximum atomic E-state index is 12.1. The predicted molar refractivity (Wildman–Crippen MR) is 81.2 cm³/mol. The van der Waals surface area contributed by atoms with Crippen molar-refractivity contribution in [2.24, 2.45) is 0 Å². The highest BCUT2D eigenvalue weighted by Gasteiger charge is 2.24. The molecule has 0 aromatic carbocycles. The first-order valence-electron chi connectivity index (χ1n) is 7.26. The number of amides is 1. The molecule has 0 atom stereocenters. The Balaban J connectivity index is 1.49. The van der Waals surface area contributed by atoms with Crippen molar-refractivity contribution in [2.45, 2.75) is 31.7 Å². The van der Waals surface area contributed by atoms with Crippen molar-refractivity contribution >= 4 is 28.2 Å². The van der Waals surface area contributed by atoms with Gasteiger partial charge in [0.25, 0.3) is 5.91 Å². The molecule has 1 aromatic rings. The van der Waals surface area contributed by atoms with E-state index in [1.54, 1.807) is 0 Å². The second-order valence-corrected chi connectivity index (χ2v) is 6.46. The average Bonchev–Trinajstić information content (AvgIpc) is 2.94. The number of hydrogen-bond acceptors (Lipinski definition) is 6. The van der Waals surface area contributed by atoms with Crippen molar-refractivity contribution in [1.82, 2.24) is 15.2 Å². The number of nitrogens with zero attached hydrogens (tertiary/aromatic N) is 2. The predicted octanol–water partition coefficient (Wildman–Crippen LogP) is 1.13. The summed E-state index contributed by atoms with van der Waals surface area (Å²) < 4.78 is 0. The molecule has 0 unspecified atom stereocenters. The molecule has 1 saturated heterocycles. The third-order valence-electron chi connectivity index (χ3n) is 3.68. The van der Waals surface area contributed by atoms with E-state index in [1.807, 2.05) is 0 Å². The SMILES string of the molecule is Nc1nc(NC2CC2)sc1C(=O)NCCN1CCCC1. The molecule has 0 bridgehead atoms. The van der Waals surface area contributed by atoms with Gasteiger partial charge >= 0.3 is 0 Å². The Morgan fingerprint density at radius 1 is 1.40 bits per heavy atom. The summed E-state index contributed by atoms with van der Waals surface area (Å²) >= 11 is 1.35. The van der Waals surface area contributed by atoms with Gasteiger partial charge in [0, 0.05) is 19.1 Å². The second-order valence-electron chi connectivity index (χ2n) is 5.46. The van der Waals surface area contributed by atoms with Crippen molar-refractivity contribution in [3.63, 3.8) is 0 Å². The Labute approximate surface area is 122 Å². The zero-order chi connectivity index (χ0) is 13.9.